The summed E-state index contributed by atoms with van der Waals surface area (Å²) in [4.78, 5) is 33.1. The Bertz CT molecular complexity index is 1440. The van der Waals surface area contributed by atoms with Crippen LogP contribution < -0.4 is 14.2 Å². The van der Waals surface area contributed by atoms with Crippen LogP contribution in [0.5, 0.6) is 17.2 Å². The number of aromatic amines is 1. The van der Waals surface area contributed by atoms with Crippen LogP contribution in [0.3, 0.4) is 0 Å². The van der Waals surface area contributed by atoms with Gasteiger partial charge in [0.25, 0.3) is 0 Å². The minimum atomic E-state index is -1.66. The van der Waals surface area contributed by atoms with Crippen LogP contribution in [0.1, 0.15) is 35.0 Å². The molecule has 0 radical (unpaired) electrons. The quantitative estimate of drug-likeness (QED) is 0.534. The van der Waals surface area contributed by atoms with Crippen LogP contribution in [-0.4, -0.2) is 47.8 Å². The van der Waals surface area contributed by atoms with Crippen molar-refractivity contribution in [3.8, 4) is 17.2 Å². The van der Waals surface area contributed by atoms with Gasteiger partial charge in [0, 0.05) is 46.9 Å². The lowest BCUT2D eigenvalue weighted by atomic mass is 9.74. The van der Waals surface area contributed by atoms with E-state index in [1.54, 1.807) is 12.1 Å². The maximum absolute atomic E-state index is 13.7. The third-order valence-corrected chi connectivity index (χ3v) is 7.94. The van der Waals surface area contributed by atoms with E-state index in [4.69, 9.17) is 25.8 Å². The highest BCUT2D eigenvalue weighted by atomic mass is 35.5. The molecule has 1 spiro atoms. The second kappa shape index (κ2) is 7.78. The molecule has 7 nitrogen and oxygen atoms in total. The van der Waals surface area contributed by atoms with Gasteiger partial charge in [-0.25, -0.2) is 0 Å². The molecule has 180 valence electrons. The van der Waals surface area contributed by atoms with Gasteiger partial charge in [-0.15, -0.1) is 0 Å². The number of ether oxygens (including phenoxy) is 3. The lowest BCUT2D eigenvalue weighted by Crippen LogP contribution is -2.55. The fraction of sp³-hybridized carbons (Fsp3) is 0.333. The van der Waals surface area contributed by atoms with Crippen molar-refractivity contribution in [1.82, 2.24) is 9.88 Å². The lowest BCUT2D eigenvalue weighted by Gasteiger charge is -2.39. The highest BCUT2D eigenvalue weighted by molar-refractivity contribution is 6.36. The molecule has 2 aromatic carbocycles. The molecule has 6 rings (SSSR count). The first-order valence-corrected chi connectivity index (χ1v) is 12.0. The topological polar surface area (TPSA) is 80.9 Å². The molecule has 0 fully saturated rings. The van der Waals surface area contributed by atoms with Crippen LogP contribution >= 0.6 is 11.6 Å². The van der Waals surface area contributed by atoms with Crippen molar-refractivity contribution < 1.29 is 23.8 Å². The second-order valence-electron chi connectivity index (χ2n) is 9.37. The number of ketones is 2. The molecular weight excluding hydrogens is 468 g/mol. The first kappa shape index (κ1) is 22.0. The number of nitrogens with zero attached hydrogens (tertiary/aromatic N) is 1. The predicted octanol–water partition coefficient (Wildman–Crippen LogP) is 4.70. The molecule has 2 atom stereocenters. The number of benzene rings is 2. The number of nitrogens with one attached hydrogen (secondary N) is 1. The van der Waals surface area contributed by atoms with Gasteiger partial charge in [-0.05, 0) is 24.5 Å². The Morgan fingerprint density at radius 3 is 2.69 bits per heavy atom. The van der Waals surface area contributed by atoms with Gasteiger partial charge in [-0.2, -0.15) is 0 Å². The molecule has 3 aliphatic rings. The number of aromatic nitrogens is 1. The SMILES string of the molecule is COc1cc(OC)c2c(c1Cl)O[C@@]1(C(=O)C=C(N3CCc4c([nH]c5ccccc45)C3)C[C@H]1C)C2=O. The van der Waals surface area contributed by atoms with Crippen LogP contribution in [0, 0.1) is 5.92 Å². The van der Waals surface area contributed by atoms with Gasteiger partial charge in [-0.1, -0.05) is 36.7 Å². The Hall–Kier alpha value is -3.45. The molecule has 8 heteroatoms. The van der Waals surface area contributed by atoms with Gasteiger partial charge in [-0.3, -0.25) is 9.59 Å². The average Bonchev–Trinajstić information content (AvgIpc) is 3.39. The number of carbonyl (C=O) groups is 2. The first-order chi connectivity index (χ1) is 16.9. The summed E-state index contributed by atoms with van der Waals surface area (Å²) in [6, 6.07) is 9.86. The molecule has 1 N–H and O–H groups in total. The fourth-order valence-corrected chi connectivity index (χ4v) is 6.03. The highest BCUT2D eigenvalue weighted by Gasteiger charge is 2.60. The Kier molecular flexibility index (Phi) is 4.90. The zero-order valence-electron chi connectivity index (χ0n) is 19.7. The predicted molar refractivity (Wildman–Crippen MR) is 132 cm³/mol. The summed E-state index contributed by atoms with van der Waals surface area (Å²) in [6.45, 7) is 3.37. The van der Waals surface area contributed by atoms with E-state index in [1.165, 1.54) is 30.9 Å². The number of methoxy groups -OCH3 is 2. The molecule has 0 bridgehead atoms. The smallest absolute Gasteiger partial charge is 0.236 e. The molecule has 0 unspecified atom stereocenters. The zero-order chi connectivity index (χ0) is 24.5. The van der Waals surface area contributed by atoms with Crippen molar-refractivity contribution in [2.24, 2.45) is 5.92 Å². The fourth-order valence-electron chi connectivity index (χ4n) is 5.76. The largest absolute Gasteiger partial charge is 0.496 e. The van der Waals surface area contributed by atoms with Crippen LogP contribution in [0.2, 0.25) is 5.02 Å². The Morgan fingerprint density at radius 2 is 1.94 bits per heavy atom. The minimum absolute atomic E-state index is 0.144. The molecule has 0 saturated carbocycles. The van der Waals surface area contributed by atoms with E-state index in [9.17, 15) is 9.59 Å². The standard InChI is InChI=1S/C27H25ClN2O5/c1-14-10-15(30-9-8-17-16-6-4-5-7-18(16)29-19(17)13-30)11-22(31)27(14)26(32)23-20(33-2)12-21(34-3)24(28)25(23)35-27/h4-7,11-12,14,29H,8-10,13H2,1-3H3/t14-,27+/m1/s1. The summed E-state index contributed by atoms with van der Waals surface area (Å²) >= 11 is 6.48. The second-order valence-corrected chi connectivity index (χ2v) is 9.75. The van der Waals surface area contributed by atoms with E-state index >= 15 is 0 Å². The minimum Gasteiger partial charge on any atom is -0.496 e. The number of hydrogen-bond acceptors (Lipinski definition) is 6. The van der Waals surface area contributed by atoms with Gasteiger partial charge >= 0.3 is 0 Å². The molecule has 3 aromatic rings. The summed E-state index contributed by atoms with van der Waals surface area (Å²) in [5, 5.41) is 1.41. The molecule has 0 saturated heterocycles. The number of hydrogen-bond donors (Lipinski definition) is 1. The summed E-state index contributed by atoms with van der Waals surface area (Å²) < 4.78 is 16.9. The summed E-state index contributed by atoms with van der Waals surface area (Å²) in [7, 11) is 2.93. The van der Waals surface area contributed by atoms with E-state index in [1.807, 2.05) is 13.0 Å². The zero-order valence-corrected chi connectivity index (χ0v) is 20.5. The number of H-pyrrole nitrogens is 1. The first-order valence-electron chi connectivity index (χ1n) is 11.7. The molecule has 1 aliphatic carbocycles. The molecule has 0 amide bonds. The number of halogens is 1. The Morgan fingerprint density at radius 1 is 1.17 bits per heavy atom. The van der Waals surface area contributed by atoms with Gasteiger partial charge in [0.2, 0.25) is 17.2 Å². The monoisotopic (exact) mass is 492 g/mol. The molecule has 2 aliphatic heterocycles. The van der Waals surface area contributed by atoms with Crippen molar-refractivity contribution in [2.75, 3.05) is 20.8 Å². The number of rotatable bonds is 3. The van der Waals surface area contributed by atoms with E-state index in [0.29, 0.717) is 18.7 Å². The number of para-hydroxylation sites is 1. The maximum atomic E-state index is 13.7. The number of allylic oxidation sites excluding steroid dienone is 1. The van der Waals surface area contributed by atoms with Gasteiger partial charge in [0.1, 0.15) is 22.1 Å². The van der Waals surface area contributed by atoms with Crippen LogP contribution in [0.4, 0.5) is 0 Å². The van der Waals surface area contributed by atoms with Crippen molar-refractivity contribution in [2.45, 2.75) is 31.9 Å². The molecule has 1 aromatic heterocycles. The molecule has 35 heavy (non-hydrogen) atoms. The van der Waals surface area contributed by atoms with Crippen molar-refractivity contribution in [3.63, 3.8) is 0 Å². The van der Waals surface area contributed by atoms with Gasteiger partial charge in [0.05, 0.1) is 20.8 Å². The van der Waals surface area contributed by atoms with Crippen molar-refractivity contribution >= 4 is 34.1 Å². The van der Waals surface area contributed by atoms with Crippen LogP contribution in [0.25, 0.3) is 10.9 Å². The third kappa shape index (κ3) is 2.97. The van der Waals surface area contributed by atoms with E-state index in [2.05, 4.69) is 28.1 Å². The number of carbonyl (C=O) groups excluding carboxylic acids is 2. The molecule has 3 heterocycles. The molecular formula is C27H25ClN2O5. The third-order valence-electron chi connectivity index (χ3n) is 7.58. The van der Waals surface area contributed by atoms with E-state index in [-0.39, 0.29) is 27.9 Å². The van der Waals surface area contributed by atoms with E-state index < -0.39 is 17.3 Å². The maximum Gasteiger partial charge on any atom is 0.236 e. The Balaban J connectivity index is 1.34. The summed E-state index contributed by atoms with van der Waals surface area (Å²) in [5.41, 5.74) is 3.09. The lowest BCUT2D eigenvalue weighted by molar-refractivity contribution is -0.129. The van der Waals surface area contributed by atoms with Gasteiger partial charge < -0.3 is 24.1 Å². The average molecular weight is 493 g/mol. The van der Waals surface area contributed by atoms with Gasteiger partial charge in [0.15, 0.2) is 5.75 Å². The Labute approximate surface area is 207 Å². The normalized spacial score (nSPS) is 23.3. The van der Waals surface area contributed by atoms with Crippen molar-refractivity contribution in [3.05, 3.63) is 63.9 Å². The van der Waals surface area contributed by atoms with Crippen LogP contribution in [0.15, 0.2) is 42.1 Å². The van der Waals surface area contributed by atoms with E-state index in [0.717, 1.165) is 24.2 Å². The van der Waals surface area contributed by atoms with Crippen LogP contribution in [-0.2, 0) is 17.8 Å². The van der Waals surface area contributed by atoms with Crippen molar-refractivity contribution in [1.29, 1.82) is 0 Å². The number of Topliss-reactive ketones (excluding diaryl/α,β-unsaturated/α-hetero) is 1. The summed E-state index contributed by atoms with van der Waals surface area (Å²) in [5.74, 6) is -0.441. The number of fused-ring (bicyclic) bond motifs is 4. The highest BCUT2D eigenvalue weighted by Crippen LogP contribution is 2.53. The summed E-state index contributed by atoms with van der Waals surface area (Å²) in [6.07, 6.45) is 2.99.